The van der Waals surface area contributed by atoms with Crippen LogP contribution in [0, 0.1) is 29.9 Å². The first-order chi connectivity index (χ1) is 12.5. The van der Waals surface area contributed by atoms with Gasteiger partial charge in [-0.3, -0.25) is 9.97 Å². The predicted molar refractivity (Wildman–Crippen MR) is 92.0 cm³/mol. The van der Waals surface area contributed by atoms with Gasteiger partial charge in [0, 0.05) is 29.7 Å². The van der Waals surface area contributed by atoms with Crippen molar-refractivity contribution >= 4 is 11.4 Å². The first kappa shape index (κ1) is 17.2. The molecule has 0 radical (unpaired) electrons. The third-order valence-electron chi connectivity index (χ3n) is 3.60. The zero-order valence-corrected chi connectivity index (χ0v) is 13.6. The third-order valence-corrected chi connectivity index (χ3v) is 3.60. The number of aromatic hydroxyl groups is 1. The summed E-state index contributed by atoms with van der Waals surface area (Å²) >= 11 is 0. The van der Waals surface area contributed by atoms with Crippen LogP contribution in [0.25, 0.3) is 11.3 Å². The summed E-state index contributed by atoms with van der Waals surface area (Å²) in [5, 5.41) is 20.0. The van der Waals surface area contributed by atoms with Crippen LogP contribution in [0.5, 0.6) is 5.75 Å². The van der Waals surface area contributed by atoms with E-state index in [9.17, 15) is 19.1 Å². The lowest BCUT2D eigenvalue weighted by Gasteiger charge is -2.08. The Morgan fingerprint density at radius 2 is 1.85 bits per heavy atom. The quantitative estimate of drug-likeness (QED) is 0.722. The second kappa shape index (κ2) is 7.07. The molecule has 3 rings (SSSR count). The molecule has 7 heteroatoms. The highest BCUT2D eigenvalue weighted by Gasteiger charge is 2.16. The van der Waals surface area contributed by atoms with Gasteiger partial charge < -0.3 is 5.11 Å². The molecule has 0 bridgehead atoms. The highest BCUT2D eigenvalue weighted by Crippen LogP contribution is 2.31. The van der Waals surface area contributed by atoms with Crippen LogP contribution in [0.4, 0.5) is 14.5 Å². The molecule has 0 aliphatic rings. The average Bonchev–Trinajstić information content (AvgIpc) is 2.63. The fraction of sp³-hybridized carbons (Fsp3) is 0.0526. The lowest BCUT2D eigenvalue weighted by Crippen LogP contribution is -2.00. The lowest BCUT2D eigenvalue weighted by atomic mass is 10.1. The lowest BCUT2D eigenvalue weighted by molar-refractivity contribution is 0.474. The Labute approximate surface area is 147 Å². The number of hydrogen-bond donors (Lipinski definition) is 1. The molecule has 0 fully saturated rings. The van der Waals surface area contributed by atoms with Gasteiger partial charge in [-0.25, -0.2) is 13.8 Å². The largest absolute Gasteiger partial charge is 0.505 e. The van der Waals surface area contributed by atoms with Gasteiger partial charge in [0.1, 0.15) is 11.8 Å². The van der Waals surface area contributed by atoms with Gasteiger partial charge in [0.05, 0.1) is 11.3 Å². The Morgan fingerprint density at radius 1 is 1.08 bits per heavy atom. The van der Waals surface area contributed by atoms with E-state index in [2.05, 4.69) is 15.0 Å². The normalized spacial score (nSPS) is 11.2. The number of aryl methyl sites for hydroxylation is 1. The summed E-state index contributed by atoms with van der Waals surface area (Å²) in [4.78, 5) is 12.2. The minimum atomic E-state index is -1.07. The smallest absolute Gasteiger partial charge is 0.160 e. The van der Waals surface area contributed by atoms with Crippen LogP contribution in [-0.2, 0) is 0 Å². The first-order valence-corrected chi connectivity index (χ1v) is 7.55. The van der Waals surface area contributed by atoms with Gasteiger partial charge in [-0.15, -0.1) is 0 Å². The van der Waals surface area contributed by atoms with Gasteiger partial charge >= 0.3 is 0 Å². The molecule has 0 aliphatic heterocycles. The van der Waals surface area contributed by atoms with Crippen LogP contribution in [0.15, 0.2) is 53.8 Å². The van der Waals surface area contributed by atoms with Gasteiger partial charge in [-0.05, 0) is 37.3 Å². The number of aromatic nitrogens is 2. The molecule has 0 amide bonds. The second-order valence-corrected chi connectivity index (χ2v) is 5.41. The van der Waals surface area contributed by atoms with Crippen molar-refractivity contribution in [2.45, 2.75) is 6.92 Å². The molecule has 1 N–H and O–H groups in total. The fourth-order valence-corrected chi connectivity index (χ4v) is 2.38. The number of pyridine rings is 2. The van der Waals surface area contributed by atoms with Crippen LogP contribution in [0.3, 0.4) is 0 Å². The predicted octanol–water partition coefficient (Wildman–Crippen LogP) is 4.08. The summed E-state index contributed by atoms with van der Waals surface area (Å²) in [6, 6.07) is 9.74. The van der Waals surface area contributed by atoms with E-state index in [1.54, 1.807) is 25.3 Å². The monoisotopic (exact) mass is 350 g/mol. The van der Waals surface area contributed by atoms with E-state index >= 15 is 0 Å². The maximum atomic E-state index is 13.3. The van der Waals surface area contributed by atoms with Crippen molar-refractivity contribution in [3.63, 3.8) is 0 Å². The molecule has 0 aliphatic carbocycles. The summed E-state index contributed by atoms with van der Waals surface area (Å²) in [5.41, 5.74) is 1.67. The van der Waals surface area contributed by atoms with Gasteiger partial charge in [0.15, 0.2) is 23.1 Å². The van der Waals surface area contributed by atoms with Gasteiger partial charge in [0.25, 0.3) is 0 Å². The minimum Gasteiger partial charge on any atom is -0.505 e. The highest BCUT2D eigenvalue weighted by molar-refractivity contribution is 6.15. The Balaban J connectivity index is 2.10. The summed E-state index contributed by atoms with van der Waals surface area (Å²) in [6.07, 6.45) is 3.01. The standard InChI is InChI=1S/C19H12F2N4O/c1-11-8-12(4-6-23-11)18-19(26)14(5-7-24-18)17(10-22)25-13-2-3-15(20)16(21)9-13/h2-9,26H,1H3. The number of aliphatic imine (C=N–C) groups is 1. The molecule has 0 spiro atoms. The topological polar surface area (TPSA) is 82.2 Å². The number of halogens is 2. The van der Waals surface area contributed by atoms with Gasteiger partial charge in [-0.2, -0.15) is 5.26 Å². The van der Waals surface area contributed by atoms with Crippen molar-refractivity contribution in [1.29, 1.82) is 5.26 Å². The molecule has 1 aromatic carbocycles. The molecule has 26 heavy (non-hydrogen) atoms. The van der Waals surface area contributed by atoms with E-state index in [1.807, 2.05) is 6.07 Å². The van der Waals surface area contributed by atoms with E-state index in [0.29, 0.717) is 5.56 Å². The average molecular weight is 350 g/mol. The van der Waals surface area contributed by atoms with Crippen molar-refractivity contribution in [2.75, 3.05) is 0 Å². The Hall–Kier alpha value is -3.66. The molecule has 0 saturated heterocycles. The SMILES string of the molecule is Cc1cc(-c2nccc(C(C#N)=Nc3ccc(F)c(F)c3)c2O)ccn1. The third kappa shape index (κ3) is 3.39. The fourth-order valence-electron chi connectivity index (χ4n) is 2.38. The highest BCUT2D eigenvalue weighted by atomic mass is 19.2. The van der Waals surface area contributed by atoms with Gasteiger partial charge in [0.2, 0.25) is 0 Å². The van der Waals surface area contributed by atoms with Crippen LogP contribution in [0.1, 0.15) is 11.3 Å². The van der Waals surface area contributed by atoms with Crippen molar-refractivity contribution in [3.05, 3.63) is 71.7 Å². The summed E-state index contributed by atoms with van der Waals surface area (Å²) < 4.78 is 26.4. The van der Waals surface area contributed by atoms with Crippen LogP contribution in [0.2, 0.25) is 0 Å². The summed E-state index contributed by atoms with van der Waals surface area (Å²) in [5.74, 6) is -2.32. The number of rotatable bonds is 3. The number of hydrogen-bond acceptors (Lipinski definition) is 5. The van der Waals surface area contributed by atoms with E-state index in [4.69, 9.17) is 0 Å². The van der Waals surface area contributed by atoms with E-state index in [1.165, 1.54) is 18.3 Å². The van der Waals surface area contributed by atoms with E-state index in [-0.39, 0.29) is 28.4 Å². The Bertz CT molecular complexity index is 1060. The number of benzene rings is 1. The number of nitriles is 1. The molecular weight excluding hydrogens is 338 g/mol. The van der Waals surface area contributed by atoms with Crippen LogP contribution >= 0.6 is 0 Å². The summed E-state index contributed by atoms with van der Waals surface area (Å²) in [6.45, 7) is 1.80. The number of nitrogens with zero attached hydrogens (tertiary/aromatic N) is 4. The maximum Gasteiger partial charge on any atom is 0.160 e. The second-order valence-electron chi connectivity index (χ2n) is 5.41. The molecular formula is C19H12F2N4O. The molecule has 0 saturated carbocycles. The van der Waals surface area contributed by atoms with Crippen LogP contribution < -0.4 is 0 Å². The van der Waals surface area contributed by atoms with Crippen LogP contribution in [-0.4, -0.2) is 20.8 Å². The maximum absolute atomic E-state index is 13.3. The van der Waals surface area contributed by atoms with Gasteiger partial charge in [-0.1, -0.05) is 0 Å². The Kier molecular flexibility index (Phi) is 4.67. The van der Waals surface area contributed by atoms with E-state index < -0.39 is 11.6 Å². The van der Waals surface area contributed by atoms with Crippen molar-refractivity contribution in [2.24, 2.45) is 4.99 Å². The molecule has 0 unspecified atom stereocenters. The minimum absolute atomic E-state index is 0.0537. The summed E-state index contributed by atoms with van der Waals surface area (Å²) in [7, 11) is 0. The molecule has 0 atom stereocenters. The molecule has 3 aromatic rings. The molecule has 2 aromatic heterocycles. The molecule has 5 nitrogen and oxygen atoms in total. The van der Waals surface area contributed by atoms with Crippen molar-refractivity contribution in [3.8, 4) is 23.1 Å². The molecule has 2 heterocycles. The zero-order valence-electron chi connectivity index (χ0n) is 13.6. The Morgan fingerprint density at radius 3 is 2.54 bits per heavy atom. The molecule has 128 valence electrons. The first-order valence-electron chi connectivity index (χ1n) is 7.55. The van der Waals surface area contributed by atoms with Crippen molar-refractivity contribution in [1.82, 2.24) is 9.97 Å². The zero-order chi connectivity index (χ0) is 18.7. The van der Waals surface area contributed by atoms with Crippen molar-refractivity contribution < 1.29 is 13.9 Å². The van der Waals surface area contributed by atoms with E-state index in [0.717, 1.165) is 17.8 Å².